The Bertz CT molecular complexity index is 1150. The number of aryl methyl sites for hydroxylation is 1. The molecule has 4 rings (SSSR count). The van der Waals surface area contributed by atoms with Crippen LogP contribution in [0, 0.1) is 6.92 Å². The maximum absolute atomic E-state index is 13.0. The quantitative estimate of drug-likeness (QED) is 0.673. The molecule has 3 aromatic rings. The van der Waals surface area contributed by atoms with E-state index in [0.29, 0.717) is 42.5 Å². The van der Waals surface area contributed by atoms with Crippen molar-refractivity contribution in [3.8, 4) is 0 Å². The van der Waals surface area contributed by atoms with Crippen LogP contribution in [0.5, 0.6) is 0 Å². The maximum Gasteiger partial charge on any atom is 0.275 e. The predicted molar refractivity (Wildman–Crippen MR) is 107 cm³/mol. The number of aromatic nitrogens is 2. The van der Waals surface area contributed by atoms with Gasteiger partial charge in [-0.05, 0) is 24.6 Å². The molecule has 1 saturated heterocycles. The van der Waals surface area contributed by atoms with E-state index in [-0.39, 0.29) is 15.7 Å². The Balaban J connectivity index is 1.64. The molecule has 0 spiro atoms. The highest BCUT2D eigenvalue weighted by Crippen LogP contribution is 2.26. The van der Waals surface area contributed by atoms with Crippen molar-refractivity contribution in [2.75, 3.05) is 31.6 Å². The maximum atomic E-state index is 13.0. The predicted octanol–water partition coefficient (Wildman–Crippen LogP) is 2.63. The summed E-state index contributed by atoms with van der Waals surface area (Å²) in [6.07, 6.45) is 1.71. The first-order valence-corrected chi connectivity index (χ1v) is 11.2. The van der Waals surface area contributed by atoms with Crippen LogP contribution in [0.15, 0.2) is 34.7 Å². The van der Waals surface area contributed by atoms with E-state index in [4.69, 9.17) is 16.3 Å². The molecule has 0 atom stereocenters. The van der Waals surface area contributed by atoms with E-state index in [1.807, 2.05) is 0 Å². The zero-order valence-corrected chi connectivity index (χ0v) is 17.3. The third-order valence-corrected chi connectivity index (χ3v) is 7.53. The fourth-order valence-electron chi connectivity index (χ4n) is 3.03. The van der Waals surface area contributed by atoms with Gasteiger partial charge in [-0.15, -0.1) is 11.3 Å². The summed E-state index contributed by atoms with van der Waals surface area (Å²) in [6.45, 7) is 3.07. The van der Waals surface area contributed by atoms with E-state index in [1.54, 1.807) is 35.0 Å². The Morgan fingerprint density at radius 3 is 2.82 bits per heavy atom. The van der Waals surface area contributed by atoms with Gasteiger partial charge in [0.15, 0.2) is 15.8 Å². The van der Waals surface area contributed by atoms with Gasteiger partial charge in [-0.25, -0.2) is 13.4 Å². The topological polar surface area (TPSA) is 93.0 Å². The Kier molecular flexibility index (Phi) is 5.15. The van der Waals surface area contributed by atoms with Gasteiger partial charge in [0, 0.05) is 30.4 Å². The Morgan fingerprint density at radius 1 is 1.32 bits per heavy atom. The molecule has 3 heterocycles. The number of imidazole rings is 1. The number of hydrogen-bond acceptors (Lipinski definition) is 6. The number of fused-ring (bicyclic) bond motifs is 1. The van der Waals surface area contributed by atoms with Gasteiger partial charge in [-0.2, -0.15) is 4.31 Å². The number of anilines is 1. The smallest absolute Gasteiger partial charge is 0.275 e. The number of thiazole rings is 1. The number of ether oxygens (including phenoxy) is 1. The lowest BCUT2D eigenvalue weighted by Gasteiger charge is -2.26. The number of nitrogens with one attached hydrogen (secondary N) is 1. The Morgan fingerprint density at radius 2 is 2.07 bits per heavy atom. The average Bonchev–Trinajstić information content (AvgIpc) is 3.23. The second-order valence-electron chi connectivity index (χ2n) is 6.26. The minimum absolute atomic E-state index is 0.0950. The van der Waals surface area contributed by atoms with Crippen molar-refractivity contribution in [3.05, 3.63) is 46.2 Å². The third-order valence-electron chi connectivity index (χ3n) is 4.47. The molecule has 0 radical (unpaired) electrons. The summed E-state index contributed by atoms with van der Waals surface area (Å²) in [6, 6.07) is 4.80. The average molecular weight is 441 g/mol. The van der Waals surface area contributed by atoms with Gasteiger partial charge in [0.2, 0.25) is 10.0 Å². The SMILES string of the molecule is Cc1ccc(NC(=O)c2c(Cl)nc3sccn23)cc1S(=O)(=O)N1CCOCC1. The molecule has 148 valence electrons. The van der Waals surface area contributed by atoms with Gasteiger partial charge < -0.3 is 10.1 Å². The van der Waals surface area contributed by atoms with Crippen LogP contribution in [0.1, 0.15) is 16.1 Å². The molecule has 0 aliphatic carbocycles. The van der Waals surface area contributed by atoms with Gasteiger partial charge in [0.1, 0.15) is 0 Å². The number of amides is 1. The third kappa shape index (κ3) is 3.42. The van der Waals surface area contributed by atoms with E-state index in [0.717, 1.165) is 0 Å². The van der Waals surface area contributed by atoms with Crippen molar-refractivity contribution < 1.29 is 17.9 Å². The van der Waals surface area contributed by atoms with E-state index in [1.165, 1.54) is 21.7 Å². The van der Waals surface area contributed by atoms with Crippen LogP contribution in [0.4, 0.5) is 5.69 Å². The van der Waals surface area contributed by atoms with Gasteiger partial charge in [-0.1, -0.05) is 17.7 Å². The Labute approximate surface area is 170 Å². The van der Waals surface area contributed by atoms with Crippen LogP contribution >= 0.6 is 22.9 Å². The lowest BCUT2D eigenvalue weighted by Crippen LogP contribution is -2.40. The molecule has 1 aromatic carbocycles. The standard InChI is InChI=1S/C17H17ClN4O4S2/c1-11-2-3-12(10-13(11)28(24,25)21-4-7-26-8-5-21)19-16(23)14-15(18)20-17-22(14)6-9-27-17/h2-3,6,9-10H,4-5,7-8H2,1H3,(H,19,23). The summed E-state index contributed by atoms with van der Waals surface area (Å²) in [4.78, 5) is 17.6. The Hall–Kier alpha value is -1.98. The monoisotopic (exact) mass is 440 g/mol. The first-order chi connectivity index (χ1) is 13.4. The largest absolute Gasteiger partial charge is 0.379 e. The van der Waals surface area contributed by atoms with E-state index >= 15 is 0 Å². The van der Waals surface area contributed by atoms with Crippen molar-refractivity contribution in [1.82, 2.24) is 13.7 Å². The lowest BCUT2D eigenvalue weighted by atomic mass is 10.2. The fourth-order valence-corrected chi connectivity index (χ4v) is 5.71. The van der Waals surface area contributed by atoms with Crippen molar-refractivity contribution in [2.24, 2.45) is 0 Å². The highest BCUT2D eigenvalue weighted by atomic mass is 35.5. The number of nitrogens with zero attached hydrogens (tertiary/aromatic N) is 3. The van der Waals surface area contributed by atoms with Gasteiger partial charge in [-0.3, -0.25) is 9.20 Å². The summed E-state index contributed by atoms with van der Waals surface area (Å²) in [5, 5.41) is 4.62. The summed E-state index contributed by atoms with van der Waals surface area (Å²) >= 11 is 7.46. The van der Waals surface area contributed by atoms with Gasteiger partial charge in [0.05, 0.1) is 18.1 Å². The number of morpholine rings is 1. The molecule has 28 heavy (non-hydrogen) atoms. The number of sulfonamides is 1. The molecular formula is C17H17ClN4O4S2. The van der Waals surface area contributed by atoms with Crippen molar-refractivity contribution >= 4 is 49.5 Å². The van der Waals surface area contributed by atoms with Crippen molar-refractivity contribution in [2.45, 2.75) is 11.8 Å². The van der Waals surface area contributed by atoms with Crippen LogP contribution in [0.25, 0.3) is 4.96 Å². The van der Waals surface area contributed by atoms with E-state index < -0.39 is 15.9 Å². The molecule has 8 nitrogen and oxygen atoms in total. The summed E-state index contributed by atoms with van der Waals surface area (Å²) in [7, 11) is -3.68. The number of benzene rings is 1. The van der Waals surface area contributed by atoms with Crippen molar-refractivity contribution in [1.29, 1.82) is 0 Å². The molecule has 11 heteroatoms. The zero-order valence-electron chi connectivity index (χ0n) is 14.9. The lowest BCUT2D eigenvalue weighted by molar-refractivity contribution is 0.0730. The summed E-state index contributed by atoms with van der Waals surface area (Å²) in [5.74, 6) is -0.463. The second kappa shape index (κ2) is 7.45. The molecule has 1 amide bonds. The highest BCUT2D eigenvalue weighted by molar-refractivity contribution is 7.89. The van der Waals surface area contributed by atoms with Gasteiger partial charge in [0.25, 0.3) is 5.91 Å². The number of hydrogen-bond donors (Lipinski definition) is 1. The van der Waals surface area contributed by atoms with Crippen LogP contribution in [-0.2, 0) is 14.8 Å². The molecule has 2 aromatic heterocycles. The van der Waals surface area contributed by atoms with Crippen LogP contribution < -0.4 is 5.32 Å². The van der Waals surface area contributed by atoms with Crippen LogP contribution in [0.2, 0.25) is 5.15 Å². The fraction of sp³-hybridized carbons (Fsp3) is 0.294. The van der Waals surface area contributed by atoms with Crippen LogP contribution in [-0.4, -0.2) is 54.3 Å². The molecular weight excluding hydrogens is 424 g/mol. The normalized spacial score (nSPS) is 15.8. The zero-order chi connectivity index (χ0) is 19.9. The minimum Gasteiger partial charge on any atom is -0.379 e. The minimum atomic E-state index is -3.68. The van der Waals surface area contributed by atoms with Crippen molar-refractivity contribution in [3.63, 3.8) is 0 Å². The number of carbonyl (C=O) groups excluding carboxylic acids is 1. The molecule has 1 N–H and O–H groups in total. The first kappa shape index (κ1) is 19.3. The molecule has 0 unspecified atom stereocenters. The summed E-state index contributed by atoms with van der Waals surface area (Å²) < 4.78 is 34.2. The van der Waals surface area contributed by atoms with E-state index in [2.05, 4.69) is 10.3 Å². The molecule has 1 aliphatic rings. The number of rotatable bonds is 4. The van der Waals surface area contributed by atoms with Gasteiger partial charge >= 0.3 is 0 Å². The van der Waals surface area contributed by atoms with Crippen LogP contribution in [0.3, 0.4) is 0 Å². The summed E-state index contributed by atoms with van der Waals surface area (Å²) in [5.41, 5.74) is 1.17. The molecule has 0 bridgehead atoms. The second-order valence-corrected chi connectivity index (χ2v) is 9.40. The number of carbonyl (C=O) groups is 1. The highest BCUT2D eigenvalue weighted by Gasteiger charge is 2.28. The number of halogens is 1. The first-order valence-electron chi connectivity index (χ1n) is 8.49. The van der Waals surface area contributed by atoms with E-state index in [9.17, 15) is 13.2 Å². The molecule has 1 aliphatic heterocycles. The molecule has 1 fully saturated rings. The molecule has 0 saturated carbocycles.